The van der Waals surface area contributed by atoms with Gasteiger partial charge in [-0.15, -0.1) is 0 Å². The number of carbonyl (C=O) groups excluding carboxylic acids is 4. The number of hydrogen-bond donors (Lipinski definition) is 2. The number of rotatable bonds is 8. The number of hydrogen-bond acceptors (Lipinski definition) is 8. The van der Waals surface area contributed by atoms with Gasteiger partial charge in [0.25, 0.3) is 5.91 Å². The Hall–Kier alpha value is -3.60. The van der Waals surface area contributed by atoms with E-state index in [1.165, 1.54) is 0 Å². The summed E-state index contributed by atoms with van der Waals surface area (Å²) < 4.78 is 11.1. The highest BCUT2D eigenvalue weighted by Crippen LogP contribution is 2.33. The molecule has 5 rings (SSSR count). The Morgan fingerprint density at radius 1 is 1.03 bits per heavy atom. The van der Waals surface area contributed by atoms with Crippen LogP contribution in [0.4, 0.5) is 0 Å². The molecule has 3 aliphatic heterocycles. The lowest BCUT2D eigenvalue weighted by Gasteiger charge is -2.29. The van der Waals surface area contributed by atoms with Crippen LogP contribution in [-0.2, 0) is 27.4 Å². The number of ether oxygens (including phenoxy) is 2. The van der Waals surface area contributed by atoms with Crippen molar-refractivity contribution in [2.45, 2.75) is 38.4 Å². The van der Waals surface area contributed by atoms with E-state index in [0.717, 1.165) is 50.4 Å². The van der Waals surface area contributed by atoms with E-state index in [1.807, 2.05) is 17.0 Å². The number of piperidine rings is 1. The number of fused-ring (bicyclic) bond motifs is 1. The molecule has 10 nitrogen and oxygen atoms in total. The number of carbonyl (C=O) groups is 4. The lowest BCUT2D eigenvalue weighted by molar-refractivity contribution is -0.137. The first-order valence-electron chi connectivity index (χ1n) is 13.1. The van der Waals surface area contributed by atoms with E-state index in [0.29, 0.717) is 49.4 Å². The molecule has 3 amide bonds. The number of amides is 3. The summed E-state index contributed by atoms with van der Waals surface area (Å²) in [6.45, 7) is 5.87. The average Bonchev–Trinajstić information content (AvgIpc) is 3.37. The smallest absolute Gasteiger partial charge is 0.343 e. The lowest BCUT2D eigenvalue weighted by Crippen LogP contribution is -2.50. The molecule has 2 aromatic rings. The topological polar surface area (TPSA) is 117 Å². The van der Waals surface area contributed by atoms with Gasteiger partial charge in [0.1, 0.15) is 5.75 Å². The third kappa shape index (κ3) is 6.09. The van der Waals surface area contributed by atoms with E-state index < -0.39 is 5.97 Å². The van der Waals surface area contributed by atoms with Crippen molar-refractivity contribution in [1.29, 1.82) is 0 Å². The van der Waals surface area contributed by atoms with Gasteiger partial charge >= 0.3 is 5.97 Å². The average molecular weight is 521 g/mol. The van der Waals surface area contributed by atoms with Crippen LogP contribution in [0.25, 0.3) is 0 Å². The van der Waals surface area contributed by atoms with E-state index in [-0.39, 0.29) is 23.8 Å². The van der Waals surface area contributed by atoms with Crippen molar-refractivity contribution >= 4 is 23.7 Å². The van der Waals surface area contributed by atoms with Crippen LogP contribution in [-0.4, -0.2) is 78.9 Å². The summed E-state index contributed by atoms with van der Waals surface area (Å²) in [7, 11) is 0. The highest BCUT2D eigenvalue weighted by Gasteiger charge is 2.35. The maximum Gasteiger partial charge on any atom is 0.343 e. The Morgan fingerprint density at radius 2 is 1.79 bits per heavy atom. The van der Waals surface area contributed by atoms with Crippen molar-refractivity contribution in [2.24, 2.45) is 0 Å². The van der Waals surface area contributed by atoms with E-state index in [4.69, 9.17) is 9.47 Å². The molecule has 38 heavy (non-hydrogen) atoms. The van der Waals surface area contributed by atoms with Crippen molar-refractivity contribution in [3.8, 4) is 5.75 Å². The van der Waals surface area contributed by atoms with Crippen LogP contribution >= 0.6 is 0 Å². The third-order valence-electron chi connectivity index (χ3n) is 7.24. The molecule has 0 bridgehead atoms. The first-order valence-corrected chi connectivity index (χ1v) is 13.1. The van der Waals surface area contributed by atoms with Crippen LogP contribution in [0, 0.1) is 0 Å². The Labute approximate surface area is 221 Å². The molecule has 2 N–H and O–H groups in total. The molecule has 0 saturated carbocycles. The van der Waals surface area contributed by atoms with Crippen molar-refractivity contribution < 1.29 is 28.7 Å². The Morgan fingerprint density at radius 3 is 2.55 bits per heavy atom. The molecule has 1 unspecified atom stereocenters. The molecule has 0 aromatic heterocycles. The second kappa shape index (κ2) is 11.8. The van der Waals surface area contributed by atoms with Crippen LogP contribution in [0.2, 0.25) is 0 Å². The molecule has 3 aliphatic rings. The Bertz CT molecular complexity index is 1210. The van der Waals surface area contributed by atoms with Gasteiger partial charge in [0.15, 0.2) is 0 Å². The van der Waals surface area contributed by atoms with E-state index in [9.17, 15) is 19.2 Å². The van der Waals surface area contributed by atoms with Gasteiger partial charge in [0.05, 0.1) is 24.8 Å². The summed E-state index contributed by atoms with van der Waals surface area (Å²) in [5.74, 6) is -0.778. The molecule has 0 aliphatic carbocycles. The van der Waals surface area contributed by atoms with Gasteiger partial charge in [-0.1, -0.05) is 12.1 Å². The van der Waals surface area contributed by atoms with Crippen LogP contribution in [0.3, 0.4) is 0 Å². The number of esters is 1. The molecular weight excluding hydrogens is 488 g/mol. The first kappa shape index (κ1) is 26.0. The summed E-state index contributed by atoms with van der Waals surface area (Å²) >= 11 is 0. The van der Waals surface area contributed by atoms with Gasteiger partial charge in [0, 0.05) is 50.3 Å². The first-order chi connectivity index (χ1) is 18.5. The second-order valence-electron chi connectivity index (χ2n) is 9.80. The normalized spacial score (nSPS) is 20.1. The fourth-order valence-corrected chi connectivity index (χ4v) is 5.11. The SMILES string of the molecule is O=C1CCC(N2Cc3cccc(OC(=O)c4ccc(C(=O)NCCCN5CCOCC5)cc4)c3C2)C(=O)N1. The maximum absolute atomic E-state index is 12.9. The molecule has 3 heterocycles. The van der Waals surface area contributed by atoms with Gasteiger partial charge < -0.3 is 14.8 Å². The molecule has 2 aromatic carbocycles. The number of imide groups is 1. The molecule has 0 spiro atoms. The van der Waals surface area contributed by atoms with Crippen LogP contribution in [0.15, 0.2) is 42.5 Å². The maximum atomic E-state index is 12.9. The minimum atomic E-state index is -0.518. The van der Waals surface area contributed by atoms with Crippen molar-refractivity contribution in [3.05, 3.63) is 64.7 Å². The Kier molecular flexibility index (Phi) is 8.11. The molecule has 0 radical (unpaired) electrons. The molecule has 1 atom stereocenters. The molecule has 2 fully saturated rings. The molecule has 10 heteroatoms. The zero-order valence-electron chi connectivity index (χ0n) is 21.2. The fourth-order valence-electron chi connectivity index (χ4n) is 5.11. The molecular formula is C28H32N4O6. The number of nitrogens with zero attached hydrogens (tertiary/aromatic N) is 2. The van der Waals surface area contributed by atoms with E-state index >= 15 is 0 Å². The largest absolute Gasteiger partial charge is 0.423 e. The fraction of sp³-hybridized carbons (Fsp3) is 0.429. The van der Waals surface area contributed by atoms with Crippen molar-refractivity contribution in [1.82, 2.24) is 20.4 Å². The summed E-state index contributed by atoms with van der Waals surface area (Å²) in [5, 5.41) is 5.33. The van der Waals surface area contributed by atoms with E-state index in [1.54, 1.807) is 30.3 Å². The third-order valence-corrected chi connectivity index (χ3v) is 7.24. The number of morpholine rings is 1. The zero-order valence-corrected chi connectivity index (χ0v) is 21.2. The Balaban J connectivity index is 1.14. The second-order valence-corrected chi connectivity index (χ2v) is 9.80. The van der Waals surface area contributed by atoms with Crippen LogP contribution in [0.1, 0.15) is 51.1 Å². The van der Waals surface area contributed by atoms with Gasteiger partial charge in [-0.3, -0.25) is 29.5 Å². The predicted molar refractivity (Wildman–Crippen MR) is 137 cm³/mol. The number of nitrogens with one attached hydrogen (secondary N) is 2. The standard InChI is InChI=1S/C28H32N4O6/c33-25-10-9-23(27(35)30-25)32-17-21-3-1-4-24(22(21)18-32)38-28(36)20-7-5-19(6-8-20)26(34)29-11-2-12-31-13-15-37-16-14-31/h1,3-8,23H,2,9-18H2,(H,29,34)(H,30,33,35). The monoisotopic (exact) mass is 520 g/mol. The van der Waals surface area contributed by atoms with Gasteiger partial charge in [-0.2, -0.15) is 0 Å². The molecule has 200 valence electrons. The number of benzene rings is 2. The highest BCUT2D eigenvalue weighted by atomic mass is 16.5. The van der Waals surface area contributed by atoms with E-state index in [2.05, 4.69) is 15.5 Å². The summed E-state index contributed by atoms with van der Waals surface area (Å²) in [6, 6.07) is 11.5. The minimum absolute atomic E-state index is 0.179. The summed E-state index contributed by atoms with van der Waals surface area (Å²) in [6.07, 6.45) is 1.65. The predicted octanol–water partition coefficient (Wildman–Crippen LogP) is 1.48. The summed E-state index contributed by atoms with van der Waals surface area (Å²) in [5.41, 5.74) is 2.67. The van der Waals surface area contributed by atoms with Crippen molar-refractivity contribution in [3.63, 3.8) is 0 Å². The van der Waals surface area contributed by atoms with Crippen LogP contribution < -0.4 is 15.4 Å². The summed E-state index contributed by atoms with van der Waals surface area (Å²) in [4.78, 5) is 53.5. The lowest BCUT2D eigenvalue weighted by atomic mass is 10.0. The van der Waals surface area contributed by atoms with Gasteiger partial charge in [0.2, 0.25) is 11.8 Å². The van der Waals surface area contributed by atoms with Gasteiger partial charge in [-0.25, -0.2) is 4.79 Å². The van der Waals surface area contributed by atoms with Crippen molar-refractivity contribution in [2.75, 3.05) is 39.4 Å². The molecule has 2 saturated heterocycles. The highest BCUT2D eigenvalue weighted by molar-refractivity contribution is 6.00. The zero-order chi connectivity index (χ0) is 26.5. The minimum Gasteiger partial charge on any atom is -0.423 e. The van der Waals surface area contributed by atoms with Gasteiger partial charge in [-0.05, 0) is 55.3 Å². The quantitative estimate of drug-likeness (QED) is 0.233. The van der Waals surface area contributed by atoms with Crippen LogP contribution in [0.5, 0.6) is 5.75 Å².